The zero-order valence-corrected chi connectivity index (χ0v) is 16.9. The Hall–Kier alpha value is 0.970. The molecule has 0 aromatic heterocycles. The first-order chi connectivity index (χ1) is 8.00. The van der Waals surface area contributed by atoms with Crippen molar-refractivity contribution in [3.8, 4) is 0 Å². The number of benzene rings is 2. The number of halogens is 2. The molecule has 0 spiro atoms. The molecule has 0 aliphatic carbocycles. The summed E-state index contributed by atoms with van der Waals surface area (Å²) in [5, 5.41) is 1.00. The quantitative estimate of drug-likeness (QED) is 0.599. The van der Waals surface area contributed by atoms with Crippen molar-refractivity contribution in [3.05, 3.63) is 58.6 Å². The van der Waals surface area contributed by atoms with Crippen LogP contribution in [0.1, 0.15) is 2.85 Å². The van der Waals surface area contributed by atoms with Crippen LogP contribution in [0, 0.1) is 0 Å². The van der Waals surface area contributed by atoms with Gasteiger partial charge in [-0.15, -0.1) is 0 Å². The van der Waals surface area contributed by atoms with E-state index in [0.29, 0.717) is 10.0 Å². The second kappa shape index (κ2) is 8.42. The zero-order valence-electron chi connectivity index (χ0n) is 12.6. The largest absolute Gasteiger partial charge is 1.00 e. The van der Waals surface area contributed by atoms with Crippen LogP contribution in [0.15, 0.2) is 58.3 Å². The van der Waals surface area contributed by atoms with E-state index >= 15 is 0 Å². The Morgan fingerprint density at radius 1 is 0.684 bits per heavy atom. The summed E-state index contributed by atoms with van der Waals surface area (Å²) in [6.45, 7) is 0. The Balaban J connectivity index is -0.000000810. The summed E-state index contributed by atoms with van der Waals surface area (Å²) in [6, 6.07) is 12.1. The molecule has 0 fully saturated rings. The third kappa shape index (κ3) is 5.03. The van der Waals surface area contributed by atoms with Crippen LogP contribution in [0.5, 0.6) is 0 Å². The van der Waals surface area contributed by atoms with Crippen LogP contribution in [-0.4, -0.2) is 8.42 Å². The van der Waals surface area contributed by atoms with Crippen molar-refractivity contribution in [1.82, 2.24) is 0 Å². The summed E-state index contributed by atoms with van der Waals surface area (Å²) in [5.74, 6) is 0. The van der Waals surface area contributed by atoms with Crippen LogP contribution >= 0.6 is 23.2 Å². The van der Waals surface area contributed by atoms with Crippen molar-refractivity contribution in [3.63, 3.8) is 0 Å². The number of hydrogen-bond acceptors (Lipinski definition) is 2. The summed E-state index contributed by atoms with van der Waals surface area (Å²) < 4.78 is 24.3. The molecule has 0 saturated heterocycles. The van der Waals surface area contributed by atoms with E-state index < -0.39 is 9.84 Å². The molecule has 0 atom stereocenters. The van der Waals surface area contributed by atoms with Crippen LogP contribution in [0.4, 0.5) is 0 Å². The van der Waals surface area contributed by atoms with Crippen molar-refractivity contribution in [1.29, 1.82) is 0 Å². The van der Waals surface area contributed by atoms with E-state index in [1.165, 1.54) is 24.3 Å². The van der Waals surface area contributed by atoms with E-state index in [1.807, 2.05) is 0 Å². The van der Waals surface area contributed by atoms with Gasteiger partial charge in [-0.1, -0.05) is 23.2 Å². The van der Waals surface area contributed by atoms with E-state index in [1.54, 1.807) is 24.3 Å². The van der Waals surface area contributed by atoms with Crippen LogP contribution < -0.4 is 59.1 Å². The molecular formula is C12H10Cl2Na2O2S. The maximum absolute atomic E-state index is 12.2. The molecule has 0 aliphatic rings. The van der Waals surface area contributed by atoms with E-state index in [-0.39, 0.29) is 71.8 Å². The zero-order chi connectivity index (χ0) is 12.5. The fourth-order valence-corrected chi connectivity index (χ4v) is 2.88. The predicted molar refractivity (Wildman–Crippen MR) is 70.6 cm³/mol. The van der Waals surface area contributed by atoms with Gasteiger partial charge in [-0.2, -0.15) is 0 Å². The number of hydrogen-bond donors (Lipinski definition) is 0. The molecule has 0 aliphatic heterocycles. The Morgan fingerprint density at radius 3 is 1.21 bits per heavy atom. The van der Waals surface area contributed by atoms with Gasteiger partial charge in [-0.05, 0) is 48.5 Å². The van der Waals surface area contributed by atoms with Crippen molar-refractivity contribution >= 4 is 33.0 Å². The standard InChI is InChI=1S/C12H8Cl2O2S.2Na.2H/c13-9-1-5-11(6-2-9)17(15,16)12-7-3-10(14)4-8-12;;;;/h1-8H;;;;/q;2*+1;2*-1. The minimum absolute atomic E-state index is 0. The van der Waals surface area contributed by atoms with Crippen LogP contribution in [0.3, 0.4) is 0 Å². The van der Waals surface area contributed by atoms with Crippen LogP contribution in [0.2, 0.25) is 10.0 Å². The fraction of sp³-hybridized carbons (Fsp3) is 0. The van der Waals surface area contributed by atoms with Crippen LogP contribution in [0.25, 0.3) is 0 Å². The minimum Gasteiger partial charge on any atom is -1.00 e. The first-order valence-electron chi connectivity index (χ1n) is 4.76. The monoisotopic (exact) mass is 334 g/mol. The van der Waals surface area contributed by atoms with E-state index in [9.17, 15) is 8.42 Å². The van der Waals surface area contributed by atoms with Crippen molar-refractivity contribution in [2.45, 2.75) is 9.79 Å². The summed E-state index contributed by atoms with van der Waals surface area (Å²) in [4.78, 5) is 0.424. The van der Waals surface area contributed by atoms with E-state index in [0.717, 1.165) is 0 Å². The maximum Gasteiger partial charge on any atom is 1.00 e. The summed E-state index contributed by atoms with van der Waals surface area (Å²) in [7, 11) is -3.49. The molecule has 0 N–H and O–H groups in total. The molecule has 0 amide bonds. The van der Waals surface area contributed by atoms with Crippen molar-refractivity contribution in [2.75, 3.05) is 0 Å². The minimum atomic E-state index is -3.49. The third-order valence-electron chi connectivity index (χ3n) is 2.25. The predicted octanol–water partition coefficient (Wildman–Crippen LogP) is -1.94. The second-order valence-electron chi connectivity index (χ2n) is 3.41. The molecule has 2 rings (SSSR count). The summed E-state index contributed by atoms with van der Waals surface area (Å²) in [5.41, 5.74) is 0. The van der Waals surface area contributed by atoms with Gasteiger partial charge >= 0.3 is 59.1 Å². The van der Waals surface area contributed by atoms with Gasteiger partial charge in [-0.3, -0.25) is 0 Å². The molecule has 92 valence electrons. The first kappa shape index (κ1) is 20.0. The van der Waals surface area contributed by atoms with Gasteiger partial charge < -0.3 is 2.85 Å². The molecule has 0 heterocycles. The second-order valence-corrected chi connectivity index (χ2v) is 6.23. The average Bonchev–Trinajstić information content (AvgIpc) is 2.30. The Morgan fingerprint density at radius 2 is 0.947 bits per heavy atom. The molecule has 0 unspecified atom stereocenters. The molecule has 2 aromatic rings. The SMILES string of the molecule is O=S(=O)(c1ccc(Cl)cc1)c1ccc(Cl)cc1.[H-].[H-].[Na+].[Na+]. The van der Waals surface area contributed by atoms with Gasteiger partial charge in [-0.25, -0.2) is 8.42 Å². The fourth-order valence-electron chi connectivity index (χ4n) is 1.36. The van der Waals surface area contributed by atoms with Gasteiger partial charge in [0, 0.05) is 10.0 Å². The molecule has 19 heavy (non-hydrogen) atoms. The molecular weight excluding hydrogens is 325 g/mol. The van der Waals surface area contributed by atoms with Gasteiger partial charge in [0.25, 0.3) is 0 Å². The van der Waals surface area contributed by atoms with E-state index in [2.05, 4.69) is 0 Å². The van der Waals surface area contributed by atoms with Gasteiger partial charge in [0.05, 0.1) is 9.79 Å². The van der Waals surface area contributed by atoms with Crippen molar-refractivity contribution in [2.24, 2.45) is 0 Å². The van der Waals surface area contributed by atoms with Gasteiger partial charge in [0.15, 0.2) is 0 Å². The molecule has 2 aromatic carbocycles. The Bertz CT molecular complexity index is 584. The summed E-state index contributed by atoms with van der Waals surface area (Å²) in [6.07, 6.45) is 0. The third-order valence-corrected chi connectivity index (χ3v) is 4.54. The Kier molecular flexibility index (Phi) is 8.85. The smallest absolute Gasteiger partial charge is 1.00 e. The number of rotatable bonds is 2. The maximum atomic E-state index is 12.2. The summed E-state index contributed by atoms with van der Waals surface area (Å²) >= 11 is 11.4. The van der Waals surface area contributed by atoms with Crippen molar-refractivity contribution < 1.29 is 70.4 Å². The molecule has 2 nitrogen and oxygen atoms in total. The topological polar surface area (TPSA) is 34.1 Å². The normalized spacial score (nSPS) is 10.2. The van der Waals surface area contributed by atoms with Gasteiger partial charge in [0.2, 0.25) is 9.84 Å². The average molecular weight is 335 g/mol. The molecule has 7 heteroatoms. The molecule has 0 radical (unpaired) electrons. The Labute approximate surface area is 170 Å². The molecule has 0 bridgehead atoms. The first-order valence-corrected chi connectivity index (χ1v) is 7.00. The number of sulfone groups is 1. The molecule has 0 saturated carbocycles. The van der Waals surface area contributed by atoms with Crippen LogP contribution in [-0.2, 0) is 9.84 Å². The van der Waals surface area contributed by atoms with Gasteiger partial charge in [0.1, 0.15) is 0 Å². The van der Waals surface area contributed by atoms with E-state index in [4.69, 9.17) is 23.2 Å².